The number of likely N-dealkylation sites (tertiary alicyclic amines) is 1. The summed E-state index contributed by atoms with van der Waals surface area (Å²) in [6, 6.07) is 5.95. The van der Waals surface area contributed by atoms with Gasteiger partial charge in [0.2, 0.25) is 0 Å². The summed E-state index contributed by atoms with van der Waals surface area (Å²) >= 11 is 0. The molecule has 2 heterocycles. The Morgan fingerprint density at radius 2 is 1.96 bits per heavy atom. The van der Waals surface area contributed by atoms with Crippen LogP contribution in [-0.2, 0) is 4.74 Å². The average Bonchev–Trinajstić information content (AvgIpc) is 3.22. The molecule has 0 bridgehead atoms. The third-order valence-corrected chi connectivity index (χ3v) is 6.93. The van der Waals surface area contributed by atoms with Crippen molar-refractivity contribution in [2.75, 3.05) is 32.8 Å². The van der Waals surface area contributed by atoms with Crippen molar-refractivity contribution in [2.45, 2.75) is 69.9 Å². The predicted molar refractivity (Wildman–Crippen MR) is 110 cm³/mol. The van der Waals surface area contributed by atoms with Gasteiger partial charge in [0.25, 0.3) is 5.91 Å². The van der Waals surface area contributed by atoms with Crippen molar-refractivity contribution < 1.29 is 14.6 Å². The highest BCUT2D eigenvalue weighted by Gasteiger charge is 2.48. The number of amides is 1. The van der Waals surface area contributed by atoms with Crippen LogP contribution in [0.4, 0.5) is 0 Å². The summed E-state index contributed by atoms with van der Waals surface area (Å²) in [4.78, 5) is 17.9. The SMILES string of the molecule is CC(C)c1cccc(C(=O)N2CCO[C@]3(CCCC[C@H]3N3CCCC3)C2)c1O. The fourth-order valence-electron chi connectivity index (χ4n) is 5.46. The second-order valence-electron chi connectivity index (χ2n) is 9.04. The summed E-state index contributed by atoms with van der Waals surface area (Å²) < 4.78 is 6.44. The second-order valence-corrected chi connectivity index (χ2v) is 9.04. The Morgan fingerprint density at radius 3 is 2.71 bits per heavy atom. The zero-order valence-electron chi connectivity index (χ0n) is 17.3. The van der Waals surface area contributed by atoms with Gasteiger partial charge >= 0.3 is 0 Å². The number of carbonyl (C=O) groups is 1. The van der Waals surface area contributed by atoms with Crippen LogP contribution in [-0.4, -0.2) is 65.2 Å². The van der Waals surface area contributed by atoms with Crippen LogP contribution in [0.5, 0.6) is 5.75 Å². The van der Waals surface area contributed by atoms with Gasteiger partial charge in [-0.15, -0.1) is 0 Å². The van der Waals surface area contributed by atoms with Crippen LogP contribution in [0.1, 0.15) is 74.2 Å². The van der Waals surface area contributed by atoms with Gasteiger partial charge in [-0.25, -0.2) is 0 Å². The van der Waals surface area contributed by atoms with Crippen molar-refractivity contribution in [2.24, 2.45) is 0 Å². The lowest BCUT2D eigenvalue weighted by Crippen LogP contribution is -2.64. The molecular weight excluding hydrogens is 352 g/mol. The number of rotatable bonds is 3. The number of carbonyl (C=O) groups excluding carboxylic acids is 1. The summed E-state index contributed by atoms with van der Waals surface area (Å²) in [6.07, 6.45) is 7.14. The van der Waals surface area contributed by atoms with Crippen molar-refractivity contribution in [3.63, 3.8) is 0 Å². The molecule has 3 aliphatic rings. The van der Waals surface area contributed by atoms with E-state index >= 15 is 0 Å². The molecule has 1 spiro atoms. The molecule has 5 nitrogen and oxygen atoms in total. The first-order valence-electron chi connectivity index (χ1n) is 11.0. The maximum Gasteiger partial charge on any atom is 0.257 e. The molecular formula is C23H34N2O3. The number of nitrogens with zero attached hydrogens (tertiary/aromatic N) is 2. The van der Waals surface area contributed by atoms with Gasteiger partial charge in [-0.3, -0.25) is 9.69 Å². The van der Waals surface area contributed by atoms with E-state index in [4.69, 9.17) is 4.74 Å². The number of hydrogen-bond donors (Lipinski definition) is 1. The molecule has 1 aliphatic carbocycles. The molecule has 0 aromatic heterocycles. The summed E-state index contributed by atoms with van der Waals surface area (Å²) in [5, 5.41) is 10.7. The number of benzene rings is 1. The number of phenolic OH excluding ortho intramolecular Hbond substituents is 1. The fraction of sp³-hybridized carbons (Fsp3) is 0.696. The molecule has 1 saturated carbocycles. The lowest BCUT2D eigenvalue weighted by molar-refractivity contribution is -0.156. The molecule has 2 atom stereocenters. The molecule has 154 valence electrons. The summed E-state index contributed by atoms with van der Waals surface area (Å²) in [6.45, 7) is 8.20. The van der Waals surface area contributed by atoms with Crippen LogP contribution in [0.2, 0.25) is 0 Å². The smallest absolute Gasteiger partial charge is 0.257 e. The van der Waals surface area contributed by atoms with Crippen LogP contribution in [0.25, 0.3) is 0 Å². The normalized spacial score (nSPS) is 29.0. The average molecular weight is 387 g/mol. The van der Waals surface area contributed by atoms with Gasteiger partial charge in [0.05, 0.1) is 18.7 Å². The summed E-state index contributed by atoms with van der Waals surface area (Å²) in [5.74, 6) is 0.262. The molecule has 1 aromatic carbocycles. The van der Waals surface area contributed by atoms with Gasteiger partial charge in [0.1, 0.15) is 11.4 Å². The van der Waals surface area contributed by atoms with E-state index in [1.165, 1.54) is 25.7 Å². The van der Waals surface area contributed by atoms with Crippen LogP contribution in [0.15, 0.2) is 18.2 Å². The molecule has 1 aromatic rings. The van der Waals surface area contributed by atoms with E-state index in [0.29, 0.717) is 31.3 Å². The minimum absolute atomic E-state index is 0.0616. The number of para-hydroxylation sites is 1. The number of phenols is 1. The monoisotopic (exact) mass is 386 g/mol. The standard InChI is InChI=1S/C23H34N2O3/c1-17(2)18-8-7-9-19(21(18)26)22(27)25-14-15-28-23(16-25)11-4-3-10-20(23)24-12-5-6-13-24/h7-9,17,20,26H,3-6,10-16H2,1-2H3/t20-,23-/m1/s1. The van der Waals surface area contributed by atoms with Crippen molar-refractivity contribution >= 4 is 5.91 Å². The molecule has 0 radical (unpaired) electrons. The van der Waals surface area contributed by atoms with Crippen molar-refractivity contribution in [1.82, 2.24) is 9.80 Å². The second kappa shape index (κ2) is 8.03. The number of hydrogen-bond acceptors (Lipinski definition) is 4. The summed E-state index contributed by atoms with van der Waals surface area (Å²) in [7, 11) is 0. The van der Waals surface area contributed by atoms with Gasteiger partial charge in [0.15, 0.2) is 0 Å². The zero-order chi connectivity index (χ0) is 19.7. The molecule has 4 rings (SSSR count). The van der Waals surface area contributed by atoms with E-state index in [9.17, 15) is 9.90 Å². The van der Waals surface area contributed by atoms with Crippen LogP contribution < -0.4 is 0 Å². The van der Waals surface area contributed by atoms with E-state index in [1.807, 2.05) is 30.9 Å². The Bertz CT molecular complexity index is 710. The highest BCUT2D eigenvalue weighted by molar-refractivity contribution is 5.97. The van der Waals surface area contributed by atoms with Crippen molar-refractivity contribution in [1.29, 1.82) is 0 Å². The predicted octanol–water partition coefficient (Wildman–Crippen LogP) is 3.77. The highest BCUT2D eigenvalue weighted by atomic mass is 16.5. The van der Waals surface area contributed by atoms with Crippen LogP contribution >= 0.6 is 0 Å². The van der Waals surface area contributed by atoms with Gasteiger partial charge in [-0.2, -0.15) is 0 Å². The minimum atomic E-state index is -0.248. The lowest BCUT2D eigenvalue weighted by atomic mass is 9.78. The van der Waals surface area contributed by atoms with E-state index in [-0.39, 0.29) is 23.2 Å². The Morgan fingerprint density at radius 1 is 1.18 bits per heavy atom. The zero-order valence-corrected chi connectivity index (χ0v) is 17.3. The number of aromatic hydroxyl groups is 1. The molecule has 28 heavy (non-hydrogen) atoms. The highest BCUT2D eigenvalue weighted by Crippen LogP contribution is 2.40. The van der Waals surface area contributed by atoms with Gasteiger partial charge in [-0.05, 0) is 56.3 Å². The van der Waals surface area contributed by atoms with Gasteiger partial charge in [-0.1, -0.05) is 38.8 Å². The van der Waals surface area contributed by atoms with Crippen LogP contribution in [0.3, 0.4) is 0 Å². The maximum absolute atomic E-state index is 13.3. The number of ether oxygens (including phenoxy) is 1. The van der Waals surface area contributed by atoms with E-state index in [0.717, 1.165) is 31.5 Å². The Kier molecular flexibility index (Phi) is 5.66. The first kappa shape index (κ1) is 19.7. The van der Waals surface area contributed by atoms with Crippen molar-refractivity contribution in [3.05, 3.63) is 29.3 Å². The number of morpholine rings is 1. The molecule has 0 unspecified atom stereocenters. The molecule has 1 N–H and O–H groups in total. The van der Waals surface area contributed by atoms with Gasteiger partial charge < -0.3 is 14.7 Å². The molecule has 2 saturated heterocycles. The quantitative estimate of drug-likeness (QED) is 0.859. The Hall–Kier alpha value is -1.59. The van der Waals surface area contributed by atoms with Gasteiger partial charge in [0, 0.05) is 12.6 Å². The van der Waals surface area contributed by atoms with E-state index < -0.39 is 0 Å². The topological polar surface area (TPSA) is 53.0 Å². The maximum atomic E-state index is 13.3. The van der Waals surface area contributed by atoms with Crippen LogP contribution in [0, 0.1) is 0 Å². The van der Waals surface area contributed by atoms with E-state index in [1.54, 1.807) is 6.07 Å². The molecule has 2 aliphatic heterocycles. The third-order valence-electron chi connectivity index (χ3n) is 6.93. The lowest BCUT2D eigenvalue weighted by Gasteiger charge is -2.52. The Labute approximate surface area is 168 Å². The fourth-order valence-corrected chi connectivity index (χ4v) is 5.46. The molecule has 5 heteroatoms. The Balaban J connectivity index is 1.58. The first-order chi connectivity index (χ1) is 13.5. The minimum Gasteiger partial charge on any atom is -0.507 e. The largest absolute Gasteiger partial charge is 0.507 e. The van der Waals surface area contributed by atoms with Crippen molar-refractivity contribution in [3.8, 4) is 5.75 Å². The molecule has 1 amide bonds. The van der Waals surface area contributed by atoms with E-state index in [2.05, 4.69) is 4.90 Å². The first-order valence-corrected chi connectivity index (χ1v) is 11.0. The molecule has 3 fully saturated rings. The third kappa shape index (κ3) is 3.55. The summed E-state index contributed by atoms with van der Waals surface area (Å²) in [5.41, 5.74) is 1.01.